The highest BCUT2D eigenvalue weighted by molar-refractivity contribution is 5.81. The Morgan fingerprint density at radius 2 is 2.00 bits per heavy atom. The van der Waals surface area contributed by atoms with E-state index >= 15 is 0 Å². The first-order valence-electron chi connectivity index (χ1n) is 3.50. The van der Waals surface area contributed by atoms with E-state index in [4.69, 9.17) is 4.74 Å². The summed E-state index contributed by atoms with van der Waals surface area (Å²) in [5, 5.41) is 0. The third-order valence-electron chi connectivity index (χ3n) is 0.915. The van der Waals surface area contributed by atoms with Gasteiger partial charge < -0.3 is 4.74 Å². The maximum atomic E-state index is 11.0. The smallest absolute Gasteiger partial charge is 0.421 e. The van der Waals surface area contributed by atoms with Gasteiger partial charge in [-0.1, -0.05) is 6.58 Å². The van der Waals surface area contributed by atoms with E-state index in [1.165, 1.54) is 0 Å². The Balaban J connectivity index is 4.20. The normalized spacial score (nSPS) is 10.2. The number of carbonyl (C=O) groups is 2. The van der Waals surface area contributed by atoms with Crippen LogP contribution in [0.4, 0.5) is 4.79 Å². The fraction of sp³-hybridized carbons (Fsp3) is 0.500. The third-order valence-corrected chi connectivity index (χ3v) is 0.915. The zero-order valence-electron chi connectivity index (χ0n) is 7.53. The average Bonchev–Trinajstić information content (AvgIpc) is 1.85. The lowest BCUT2D eigenvalue weighted by atomic mass is 10.2. The van der Waals surface area contributed by atoms with Gasteiger partial charge in [-0.2, -0.15) is 0 Å². The van der Waals surface area contributed by atoms with Crippen molar-refractivity contribution in [3.05, 3.63) is 12.8 Å². The van der Waals surface area contributed by atoms with Gasteiger partial charge in [0.2, 0.25) is 6.41 Å². The van der Waals surface area contributed by atoms with Crippen LogP contribution < -0.4 is 0 Å². The van der Waals surface area contributed by atoms with Gasteiger partial charge in [-0.15, -0.1) is 0 Å². The number of hydrogen-bond donors (Lipinski definition) is 0. The van der Waals surface area contributed by atoms with Crippen molar-refractivity contribution in [2.75, 3.05) is 0 Å². The van der Waals surface area contributed by atoms with Crippen LogP contribution in [0.1, 0.15) is 20.8 Å². The second kappa shape index (κ2) is 3.90. The molecule has 4 nitrogen and oxygen atoms in total. The van der Waals surface area contributed by atoms with Gasteiger partial charge in [-0.05, 0) is 20.8 Å². The number of hydrogen-bond acceptors (Lipinski definition) is 3. The highest BCUT2D eigenvalue weighted by Crippen LogP contribution is 2.08. The van der Waals surface area contributed by atoms with Gasteiger partial charge in [0.25, 0.3) is 0 Å². The molecule has 4 heteroatoms. The summed E-state index contributed by atoms with van der Waals surface area (Å²) in [7, 11) is 0. The van der Waals surface area contributed by atoms with Crippen LogP contribution in [-0.2, 0) is 9.53 Å². The predicted molar refractivity (Wildman–Crippen MR) is 44.3 cm³/mol. The lowest BCUT2D eigenvalue weighted by Crippen LogP contribution is -2.32. The molecule has 0 aliphatic carbocycles. The van der Waals surface area contributed by atoms with Crippen LogP contribution in [0.15, 0.2) is 12.8 Å². The lowest BCUT2D eigenvalue weighted by Gasteiger charge is -2.21. The number of ether oxygens (including phenoxy) is 1. The summed E-state index contributed by atoms with van der Waals surface area (Å²) >= 11 is 0. The van der Waals surface area contributed by atoms with Crippen LogP contribution in [0, 0.1) is 0 Å². The third kappa shape index (κ3) is 3.75. The second-order valence-electron chi connectivity index (χ2n) is 3.18. The maximum Gasteiger partial charge on any atom is 0.421 e. The highest BCUT2D eigenvalue weighted by Gasteiger charge is 2.19. The van der Waals surface area contributed by atoms with E-state index in [1.54, 1.807) is 20.8 Å². The Hall–Kier alpha value is -1.32. The first kappa shape index (κ1) is 10.7. The molecule has 0 aromatic rings. The molecule has 0 radical (unpaired) electrons. The molecular weight excluding hydrogens is 158 g/mol. The monoisotopic (exact) mass is 171 g/mol. The molecule has 0 aromatic carbocycles. The summed E-state index contributed by atoms with van der Waals surface area (Å²) < 4.78 is 4.87. The maximum absolute atomic E-state index is 11.0. The fourth-order valence-electron chi connectivity index (χ4n) is 0.475. The molecule has 0 aliphatic heterocycles. The molecule has 0 unspecified atom stereocenters. The molecule has 0 saturated carbocycles. The van der Waals surface area contributed by atoms with E-state index in [0.717, 1.165) is 11.1 Å². The number of carbonyl (C=O) groups excluding carboxylic acids is 2. The number of nitrogens with zero attached hydrogens (tertiary/aromatic N) is 1. The molecule has 0 spiro atoms. The van der Waals surface area contributed by atoms with Crippen molar-refractivity contribution in [3.8, 4) is 0 Å². The molecule has 0 bridgehead atoms. The van der Waals surface area contributed by atoms with Crippen LogP contribution in [0.25, 0.3) is 0 Å². The molecule has 0 saturated heterocycles. The van der Waals surface area contributed by atoms with Gasteiger partial charge in [0.05, 0.1) is 0 Å². The molecule has 0 aliphatic rings. The van der Waals surface area contributed by atoms with Crippen molar-refractivity contribution >= 4 is 12.5 Å². The molecular formula is C8H13NO3. The van der Waals surface area contributed by atoms with E-state index in [9.17, 15) is 9.59 Å². The van der Waals surface area contributed by atoms with Gasteiger partial charge in [-0.25, -0.2) is 9.69 Å². The minimum atomic E-state index is -0.715. The van der Waals surface area contributed by atoms with Gasteiger partial charge in [0.1, 0.15) is 5.60 Å². The first-order chi connectivity index (χ1) is 5.40. The summed E-state index contributed by atoms with van der Waals surface area (Å²) in [5.41, 5.74) is -0.596. The number of amides is 2. The van der Waals surface area contributed by atoms with Crippen LogP contribution in [0.3, 0.4) is 0 Å². The average molecular weight is 171 g/mol. The van der Waals surface area contributed by atoms with E-state index in [2.05, 4.69) is 6.58 Å². The largest absolute Gasteiger partial charge is 0.443 e. The summed E-state index contributed by atoms with van der Waals surface area (Å²) in [5.74, 6) is 0. The summed E-state index contributed by atoms with van der Waals surface area (Å²) in [6, 6.07) is 0. The van der Waals surface area contributed by atoms with Crippen LogP contribution >= 0.6 is 0 Å². The fourth-order valence-corrected chi connectivity index (χ4v) is 0.475. The van der Waals surface area contributed by atoms with Crippen molar-refractivity contribution in [2.45, 2.75) is 26.4 Å². The van der Waals surface area contributed by atoms with E-state index in [-0.39, 0.29) is 0 Å². The minimum Gasteiger partial charge on any atom is -0.443 e. The highest BCUT2D eigenvalue weighted by atomic mass is 16.6. The van der Waals surface area contributed by atoms with Gasteiger partial charge in [-0.3, -0.25) is 4.79 Å². The minimum absolute atomic E-state index is 0.348. The van der Waals surface area contributed by atoms with Crippen molar-refractivity contribution in [1.29, 1.82) is 0 Å². The van der Waals surface area contributed by atoms with Crippen LogP contribution in [-0.4, -0.2) is 23.0 Å². The topological polar surface area (TPSA) is 46.6 Å². The molecule has 0 N–H and O–H groups in total. The number of imide groups is 1. The summed E-state index contributed by atoms with van der Waals surface area (Å²) in [6.45, 7) is 8.43. The van der Waals surface area contributed by atoms with E-state index in [0.29, 0.717) is 6.41 Å². The lowest BCUT2D eigenvalue weighted by molar-refractivity contribution is -0.115. The van der Waals surface area contributed by atoms with Gasteiger partial charge >= 0.3 is 6.09 Å². The van der Waals surface area contributed by atoms with Crippen molar-refractivity contribution < 1.29 is 14.3 Å². The second-order valence-corrected chi connectivity index (χ2v) is 3.18. The zero-order chi connectivity index (χ0) is 9.78. The van der Waals surface area contributed by atoms with E-state index in [1.807, 2.05) is 0 Å². The molecule has 0 fully saturated rings. The van der Waals surface area contributed by atoms with Crippen molar-refractivity contribution in [3.63, 3.8) is 0 Å². The first-order valence-corrected chi connectivity index (χ1v) is 3.50. The molecule has 2 amide bonds. The van der Waals surface area contributed by atoms with Crippen molar-refractivity contribution in [2.24, 2.45) is 0 Å². The van der Waals surface area contributed by atoms with Gasteiger partial charge in [0.15, 0.2) is 0 Å². The van der Waals surface area contributed by atoms with Gasteiger partial charge in [0, 0.05) is 6.20 Å². The molecule has 0 rings (SSSR count). The van der Waals surface area contributed by atoms with Crippen molar-refractivity contribution in [1.82, 2.24) is 4.90 Å². The molecule has 68 valence electrons. The predicted octanol–water partition coefficient (Wildman–Crippen LogP) is 1.52. The SMILES string of the molecule is C=CN(C=O)C(=O)OC(C)(C)C. The Labute approximate surface area is 71.8 Å². The van der Waals surface area contributed by atoms with E-state index < -0.39 is 11.7 Å². The van der Waals surface area contributed by atoms with Crippen LogP contribution in [0.5, 0.6) is 0 Å². The Morgan fingerprint density at radius 1 is 1.50 bits per heavy atom. The Kier molecular flexibility index (Phi) is 3.47. The Bertz CT molecular complexity index is 185. The van der Waals surface area contributed by atoms with Crippen LogP contribution in [0.2, 0.25) is 0 Å². The summed E-state index contributed by atoms with van der Waals surface area (Å²) in [4.78, 5) is 22.0. The summed E-state index contributed by atoms with van der Waals surface area (Å²) in [6.07, 6.45) is 0.731. The molecule has 0 aromatic heterocycles. The molecule has 0 heterocycles. The quantitative estimate of drug-likeness (QED) is 0.592. The standard InChI is InChI=1S/C8H13NO3/c1-5-9(6-10)7(11)12-8(2,3)4/h5-6H,1H2,2-4H3. The molecule has 12 heavy (non-hydrogen) atoms. The zero-order valence-corrected chi connectivity index (χ0v) is 7.53. The molecule has 0 atom stereocenters. The number of rotatable bonds is 2. The Morgan fingerprint density at radius 3 is 2.25 bits per heavy atom.